The quantitative estimate of drug-likeness (QED) is 0.776. The average molecular weight is 311 g/mol. The van der Waals surface area contributed by atoms with Gasteiger partial charge in [0.15, 0.2) is 0 Å². The molecule has 2 nitrogen and oxygen atoms in total. The van der Waals surface area contributed by atoms with Crippen LogP contribution in [0, 0.1) is 0 Å². The molecular formula is C19H21NOS. The zero-order valence-electron chi connectivity index (χ0n) is 13.2. The summed E-state index contributed by atoms with van der Waals surface area (Å²) in [6, 6.07) is 20.7. The van der Waals surface area contributed by atoms with E-state index in [1.165, 1.54) is 5.56 Å². The Labute approximate surface area is 136 Å². The van der Waals surface area contributed by atoms with Crippen LogP contribution in [0.3, 0.4) is 0 Å². The molecule has 0 saturated carbocycles. The number of likely N-dealkylation sites (tertiary alicyclic amines) is 1. The van der Waals surface area contributed by atoms with E-state index < -0.39 is 0 Å². The molecule has 0 aromatic heterocycles. The maximum atomic E-state index is 12.7. The minimum Gasteiger partial charge on any atom is -0.328 e. The molecule has 1 heterocycles. The van der Waals surface area contributed by atoms with Gasteiger partial charge in [-0.1, -0.05) is 48.5 Å². The molecule has 0 bridgehead atoms. The van der Waals surface area contributed by atoms with Crippen LogP contribution in [0.2, 0.25) is 0 Å². The van der Waals surface area contributed by atoms with Crippen LogP contribution in [-0.4, -0.2) is 21.6 Å². The molecule has 2 aromatic carbocycles. The van der Waals surface area contributed by atoms with E-state index in [0.29, 0.717) is 0 Å². The van der Waals surface area contributed by atoms with Crippen molar-refractivity contribution in [2.75, 3.05) is 0 Å². The van der Waals surface area contributed by atoms with Gasteiger partial charge < -0.3 is 4.90 Å². The predicted octanol–water partition coefficient (Wildman–Crippen LogP) is 4.53. The fourth-order valence-electron chi connectivity index (χ4n) is 2.94. The average Bonchev–Trinajstić information content (AvgIpc) is 2.50. The number of nitrogens with zero attached hydrogens (tertiary/aromatic N) is 1. The summed E-state index contributed by atoms with van der Waals surface area (Å²) < 4.78 is 0. The molecule has 22 heavy (non-hydrogen) atoms. The largest absolute Gasteiger partial charge is 0.328 e. The van der Waals surface area contributed by atoms with E-state index >= 15 is 0 Å². The molecule has 1 aliphatic rings. The monoisotopic (exact) mass is 311 g/mol. The number of benzene rings is 2. The van der Waals surface area contributed by atoms with Crippen LogP contribution >= 0.6 is 11.8 Å². The zero-order valence-corrected chi connectivity index (χ0v) is 14.0. The normalized spacial score (nSPS) is 21.6. The number of carbonyl (C=O) groups excluding carboxylic acids is 1. The standard InChI is InChI=1S/C19H21NOS/c1-19(2,3)20-16(14-10-6-4-7-11-14)17(18(20)21)22-15-12-8-5-9-13-15/h4-13,16-17H,1-3H3/t16-,17+/m1/s1. The first kappa shape index (κ1) is 15.2. The molecule has 1 amide bonds. The lowest BCUT2D eigenvalue weighted by Gasteiger charge is -2.53. The first-order valence-electron chi connectivity index (χ1n) is 7.58. The highest BCUT2D eigenvalue weighted by molar-refractivity contribution is 8.00. The maximum absolute atomic E-state index is 12.7. The molecule has 0 N–H and O–H groups in total. The maximum Gasteiger partial charge on any atom is 0.239 e. The fraction of sp³-hybridized carbons (Fsp3) is 0.316. The third-order valence-electron chi connectivity index (χ3n) is 3.92. The first-order chi connectivity index (χ1) is 10.5. The Morgan fingerprint density at radius 3 is 2.00 bits per heavy atom. The molecule has 3 heteroatoms. The Bertz CT molecular complexity index is 648. The second-order valence-electron chi connectivity index (χ2n) is 6.59. The van der Waals surface area contributed by atoms with Gasteiger partial charge in [0.1, 0.15) is 5.25 Å². The highest BCUT2D eigenvalue weighted by Crippen LogP contribution is 2.48. The van der Waals surface area contributed by atoms with Gasteiger partial charge in [-0.25, -0.2) is 0 Å². The van der Waals surface area contributed by atoms with Crippen molar-refractivity contribution in [2.45, 2.75) is 42.5 Å². The van der Waals surface area contributed by atoms with Gasteiger partial charge in [0, 0.05) is 10.4 Å². The summed E-state index contributed by atoms with van der Waals surface area (Å²) in [5, 5.41) is -0.0379. The molecule has 0 aliphatic carbocycles. The van der Waals surface area contributed by atoms with Crippen LogP contribution in [0.4, 0.5) is 0 Å². The van der Waals surface area contributed by atoms with Gasteiger partial charge in [0.2, 0.25) is 5.91 Å². The summed E-state index contributed by atoms with van der Waals surface area (Å²) in [4.78, 5) is 15.9. The number of amides is 1. The van der Waals surface area contributed by atoms with Crippen molar-refractivity contribution in [1.29, 1.82) is 0 Å². The second-order valence-corrected chi connectivity index (χ2v) is 7.80. The molecule has 0 radical (unpaired) electrons. The number of hydrogen-bond donors (Lipinski definition) is 0. The number of β-lactam (4-membered cyclic amide) rings is 1. The van der Waals surface area contributed by atoms with Crippen LogP contribution in [0.1, 0.15) is 32.4 Å². The SMILES string of the molecule is CC(C)(C)N1C(=O)[C@@H](Sc2ccccc2)[C@H]1c1ccccc1. The lowest BCUT2D eigenvalue weighted by molar-refractivity contribution is -0.153. The third-order valence-corrected chi connectivity index (χ3v) is 5.17. The van der Waals surface area contributed by atoms with Gasteiger partial charge in [-0.3, -0.25) is 4.79 Å². The molecule has 2 aromatic rings. The Morgan fingerprint density at radius 2 is 1.45 bits per heavy atom. The molecule has 1 fully saturated rings. The number of thioether (sulfide) groups is 1. The number of hydrogen-bond acceptors (Lipinski definition) is 2. The molecule has 114 valence electrons. The summed E-state index contributed by atoms with van der Waals surface area (Å²) in [6.07, 6.45) is 0. The van der Waals surface area contributed by atoms with Gasteiger partial charge in [-0.15, -0.1) is 11.8 Å². The topological polar surface area (TPSA) is 20.3 Å². The minimum atomic E-state index is -0.161. The van der Waals surface area contributed by atoms with Crippen molar-refractivity contribution in [3.05, 3.63) is 66.2 Å². The van der Waals surface area contributed by atoms with Crippen molar-refractivity contribution in [2.24, 2.45) is 0 Å². The van der Waals surface area contributed by atoms with Crippen molar-refractivity contribution in [3.63, 3.8) is 0 Å². The van der Waals surface area contributed by atoms with E-state index in [2.05, 4.69) is 45.0 Å². The molecule has 0 unspecified atom stereocenters. The van der Waals surface area contributed by atoms with E-state index in [-0.39, 0.29) is 22.7 Å². The van der Waals surface area contributed by atoms with E-state index in [1.54, 1.807) is 11.8 Å². The highest BCUT2D eigenvalue weighted by Gasteiger charge is 2.52. The van der Waals surface area contributed by atoms with E-state index in [9.17, 15) is 4.79 Å². The van der Waals surface area contributed by atoms with Gasteiger partial charge in [-0.2, -0.15) is 0 Å². The van der Waals surface area contributed by atoms with Gasteiger partial charge in [0.25, 0.3) is 0 Å². The second kappa shape index (κ2) is 5.81. The van der Waals surface area contributed by atoms with Crippen LogP contribution in [0.15, 0.2) is 65.6 Å². The Hall–Kier alpha value is -1.74. The van der Waals surface area contributed by atoms with Crippen molar-refractivity contribution in [1.82, 2.24) is 4.90 Å². The van der Waals surface area contributed by atoms with E-state index in [4.69, 9.17) is 0 Å². The molecular weight excluding hydrogens is 290 g/mol. The summed E-state index contributed by atoms with van der Waals surface area (Å²) in [5.41, 5.74) is 1.05. The molecule has 2 atom stereocenters. The van der Waals surface area contributed by atoms with Crippen LogP contribution in [-0.2, 0) is 4.79 Å². The van der Waals surface area contributed by atoms with Crippen LogP contribution < -0.4 is 0 Å². The van der Waals surface area contributed by atoms with Crippen molar-refractivity contribution in [3.8, 4) is 0 Å². The van der Waals surface area contributed by atoms with Gasteiger partial charge in [0.05, 0.1) is 6.04 Å². The van der Waals surface area contributed by atoms with E-state index in [0.717, 1.165) is 4.90 Å². The molecule has 1 aliphatic heterocycles. The predicted molar refractivity (Wildman–Crippen MR) is 91.9 cm³/mol. The summed E-state index contributed by atoms with van der Waals surface area (Å²) >= 11 is 1.67. The van der Waals surface area contributed by atoms with Gasteiger partial charge >= 0.3 is 0 Å². The summed E-state index contributed by atoms with van der Waals surface area (Å²) in [6.45, 7) is 6.30. The fourth-order valence-corrected chi connectivity index (χ4v) is 4.17. The van der Waals surface area contributed by atoms with Gasteiger partial charge in [-0.05, 0) is 38.5 Å². The minimum absolute atomic E-state index is 0.0379. The van der Waals surface area contributed by atoms with Crippen LogP contribution in [0.25, 0.3) is 0 Å². The molecule has 0 spiro atoms. The summed E-state index contributed by atoms with van der Waals surface area (Å²) in [5.74, 6) is 0.232. The molecule has 1 saturated heterocycles. The summed E-state index contributed by atoms with van der Waals surface area (Å²) in [7, 11) is 0. The third kappa shape index (κ3) is 2.78. The van der Waals surface area contributed by atoms with E-state index in [1.807, 2.05) is 41.3 Å². The first-order valence-corrected chi connectivity index (χ1v) is 8.46. The van der Waals surface area contributed by atoms with Crippen LogP contribution in [0.5, 0.6) is 0 Å². The number of carbonyl (C=O) groups is 1. The zero-order chi connectivity index (χ0) is 15.7. The smallest absolute Gasteiger partial charge is 0.239 e. The van der Waals surface area contributed by atoms with Crippen molar-refractivity contribution >= 4 is 17.7 Å². The Morgan fingerprint density at radius 1 is 0.909 bits per heavy atom. The van der Waals surface area contributed by atoms with Crippen molar-refractivity contribution < 1.29 is 4.79 Å². The highest BCUT2D eigenvalue weighted by atomic mass is 32.2. The molecule has 3 rings (SSSR count). The Balaban J connectivity index is 1.90. The Kier molecular flexibility index (Phi) is 4.00. The lowest BCUT2D eigenvalue weighted by Crippen LogP contribution is -2.63. The number of rotatable bonds is 3. The lowest BCUT2D eigenvalue weighted by atomic mass is 9.87.